The third-order valence-corrected chi connectivity index (χ3v) is 4.51. The molecule has 0 spiro atoms. The van der Waals surface area contributed by atoms with E-state index < -0.39 is 5.41 Å². The summed E-state index contributed by atoms with van der Waals surface area (Å²) in [6, 6.07) is 7.27. The lowest BCUT2D eigenvalue weighted by Crippen LogP contribution is -2.39. The van der Waals surface area contributed by atoms with Gasteiger partial charge in [0.25, 0.3) is 5.91 Å². The summed E-state index contributed by atoms with van der Waals surface area (Å²) in [5, 5.41) is 3.45. The molecule has 1 N–H and O–H groups in total. The highest BCUT2D eigenvalue weighted by Gasteiger charge is 2.52. The van der Waals surface area contributed by atoms with Gasteiger partial charge in [0.05, 0.1) is 5.41 Å². The highest BCUT2D eigenvalue weighted by molar-refractivity contribution is 6.30. The number of carbonyl (C=O) groups excluding carboxylic acids is 2. The standard InChI is InChI=1S/C17H22ClNO3/c1-11(2)12(3)19-15(20)10-22-16(21)17(8-9-17)13-4-6-14(18)7-5-13/h4-7,11-12H,8-10H2,1-3H3,(H,19,20)/t12-/m1/s1. The van der Waals surface area contributed by atoms with Crippen LogP contribution in [0, 0.1) is 5.92 Å². The van der Waals surface area contributed by atoms with Crippen molar-refractivity contribution in [3.8, 4) is 0 Å². The molecule has 5 heteroatoms. The molecule has 120 valence electrons. The molecule has 1 aromatic rings. The maximum absolute atomic E-state index is 12.3. The molecule has 0 heterocycles. The second kappa shape index (κ2) is 6.69. The molecule has 22 heavy (non-hydrogen) atoms. The molecule has 0 radical (unpaired) electrons. The van der Waals surface area contributed by atoms with E-state index in [2.05, 4.69) is 5.32 Å². The molecule has 1 fully saturated rings. The van der Waals surface area contributed by atoms with Crippen LogP contribution in [0.3, 0.4) is 0 Å². The van der Waals surface area contributed by atoms with E-state index in [4.69, 9.17) is 16.3 Å². The topological polar surface area (TPSA) is 55.4 Å². The molecule has 1 amide bonds. The van der Waals surface area contributed by atoms with Gasteiger partial charge in [-0.25, -0.2) is 0 Å². The Hall–Kier alpha value is -1.55. The van der Waals surface area contributed by atoms with Crippen LogP contribution in [0.1, 0.15) is 39.2 Å². The zero-order valence-corrected chi connectivity index (χ0v) is 13.9. The summed E-state index contributed by atoms with van der Waals surface area (Å²) in [6.07, 6.45) is 1.50. The molecule has 0 aliphatic heterocycles. The predicted molar refractivity (Wildman–Crippen MR) is 85.8 cm³/mol. The van der Waals surface area contributed by atoms with Gasteiger partial charge in [0.2, 0.25) is 0 Å². The molecular formula is C17H22ClNO3. The van der Waals surface area contributed by atoms with Crippen molar-refractivity contribution in [2.45, 2.75) is 45.1 Å². The summed E-state index contributed by atoms with van der Waals surface area (Å²) in [5.41, 5.74) is 0.312. The van der Waals surface area contributed by atoms with Gasteiger partial charge in [0, 0.05) is 11.1 Å². The fourth-order valence-corrected chi connectivity index (χ4v) is 2.36. The lowest BCUT2D eigenvalue weighted by molar-refractivity contribution is -0.151. The number of rotatable bonds is 6. The number of nitrogens with one attached hydrogen (secondary N) is 1. The summed E-state index contributed by atoms with van der Waals surface area (Å²) in [7, 11) is 0. The highest BCUT2D eigenvalue weighted by Crippen LogP contribution is 2.49. The number of carbonyl (C=O) groups is 2. The minimum Gasteiger partial charge on any atom is -0.455 e. The first-order valence-corrected chi connectivity index (χ1v) is 7.95. The second-order valence-electron chi connectivity index (χ2n) is 6.27. The molecule has 0 saturated heterocycles. The number of ether oxygens (including phenoxy) is 1. The quantitative estimate of drug-likeness (QED) is 0.818. The van der Waals surface area contributed by atoms with E-state index in [0.717, 1.165) is 18.4 Å². The van der Waals surface area contributed by atoms with Crippen molar-refractivity contribution >= 4 is 23.5 Å². The first-order valence-electron chi connectivity index (χ1n) is 7.58. The number of hydrogen-bond acceptors (Lipinski definition) is 3. The third kappa shape index (κ3) is 3.80. The van der Waals surface area contributed by atoms with Crippen LogP contribution < -0.4 is 5.32 Å². The zero-order chi connectivity index (χ0) is 16.3. The number of hydrogen-bond donors (Lipinski definition) is 1. The van der Waals surface area contributed by atoms with E-state index in [1.54, 1.807) is 12.1 Å². The number of esters is 1. The largest absolute Gasteiger partial charge is 0.455 e. The van der Waals surface area contributed by atoms with Gasteiger partial charge < -0.3 is 10.1 Å². The molecule has 1 aliphatic rings. The van der Waals surface area contributed by atoms with Crippen LogP contribution in [0.2, 0.25) is 5.02 Å². The predicted octanol–water partition coefficient (Wildman–Crippen LogP) is 3.08. The van der Waals surface area contributed by atoms with Gasteiger partial charge in [-0.05, 0) is 43.4 Å². The minimum absolute atomic E-state index is 0.0531. The summed E-state index contributed by atoms with van der Waals surface area (Å²) in [6.45, 7) is 5.75. The fourth-order valence-electron chi connectivity index (χ4n) is 2.24. The Balaban J connectivity index is 1.90. The Morgan fingerprint density at radius 2 is 1.82 bits per heavy atom. The molecule has 1 aromatic carbocycles. The van der Waals surface area contributed by atoms with Gasteiger partial charge in [-0.3, -0.25) is 9.59 Å². The third-order valence-electron chi connectivity index (χ3n) is 4.26. The Kier molecular flexibility index (Phi) is 5.12. The molecule has 0 aromatic heterocycles. The monoisotopic (exact) mass is 323 g/mol. The maximum Gasteiger partial charge on any atom is 0.317 e. The molecule has 1 saturated carbocycles. The van der Waals surface area contributed by atoms with Crippen LogP contribution in [0.25, 0.3) is 0 Å². The molecule has 1 atom stereocenters. The van der Waals surface area contributed by atoms with Crippen molar-refractivity contribution < 1.29 is 14.3 Å². The Morgan fingerprint density at radius 3 is 2.32 bits per heavy atom. The van der Waals surface area contributed by atoms with Crippen LogP contribution in [-0.2, 0) is 19.7 Å². The summed E-state index contributed by atoms with van der Waals surface area (Å²) < 4.78 is 5.21. The average Bonchev–Trinajstić information content (AvgIpc) is 3.27. The molecule has 4 nitrogen and oxygen atoms in total. The van der Waals surface area contributed by atoms with Gasteiger partial charge in [-0.1, -0.05) is 37.6 Å². The number of halogens is 1. The van der Waals surface area contributed by atoms with E-state index in [1.165, 1.54) is 0 Å². The molecule has 2 rings (SSSR count). The first kappa shape index (κ1) is 16.8. The Morgan fingerprint density at radius 1 is 1.23 bits per heavy atom. The van der Waals surface area contributed by atoms with E-state index in [9.17, 15) is 9.59 Å². The van der Waals surface area contributed by atoms with Crippen LogP contribution in [0.15, 0.2) is 24.3 Å². The van der Waals surface area contributed by atoms with Crippen molar-refractivity contribution in [3.63, 3.8) is 0 Å². The molecule has 1 aliphatic carbocycles. The summed E-state index contributed by atoms with van der Waals surface area (Å²) >= 11 is 5.87. The molecule has 0 unspecified atom stereocenters. The van der Waals surface area contributed by atoms with Crippen molar-refractivity contribution in [2.75, 3.05) is 6.61 Å². The van der Waals surface area contributed by atoms with Gasteiger partial charge in [0.15, 0.2) is 6.61 Å². The Bertz CT molecular complexity index is 550. The van der Waals surface area contributed by atoms with Gasteiger partial charge >= 0.3 is 5.97 Å². The molecule has 0 bridgehead atoms. The Labute approximate surface area is 136 Å². The lowest BCUT2D eigenvalue weighted by Gasteiger charge is -2.18. The van der Waals surface area contributed by atoms with E-state index in [-0.39, 0.29) is 24.5 Å². The van der Waals surface area contributed by atoms with E-state index in [0.29, 0.717) is 10.9 Å². The normalized spacial score (nSPS) is 17.0. The lowest BCUT2D eigenvalue weighted by atomic mass is 9.96. The van der Waals surface area contributed by atoms with E-state index >= 15 is 0 Å². The smallest absolute Gasteiger partial charge is 0.317 e. The van der Waals surface area contributed by atoms with Crippen LogP contribution in [0.4, 0.5) is 0 Å². The van der Waals surface area contributed by atoms with Crippen molar-refractivity contribution in [2.24, 2.45) is 5.92 Å². The number of amides is 1. The highest BCUT2D eigenvalue weighted by atomic mass is 35.5. The van der Waals surface area contributed by atoms with Gasteiger partial charge in [-0.2, -0.15) is 0 Å². The van der Waals surface area contributed by atoms with E-state index in [1.807, 2.05) is 32.9 Å². The SMILES string of the molecule is CC(C)[C@@H](C)NC(=O)COC(=O)C1(c2ccc(Cl)cc2)CC1. The molecular weight excluding hydrogens is 302 g/mol. The average molecular weight is 324 g/mol. The first-order chi connectivity index (χ1) is 10.3. The minimum atomic E-state index is -0.589. The zero-order valence-electron chi connectivity index (χ0n) is 13.2. The fraction of sp³-hybridized carbons (Fsp3) is 0.529. The van der Waals surface area contributed by atoms with Gasteiger partial charge in [-0.15, -0.1) is 0 Å². The maximum atomic E-state index is 12.3. The summed E-state index contributed by atoms with van der Waals surface area (Å²) in [4.78, 5) is 24.1. The van der Waals surface area contributed by atoms with Crippen LogP contribution in [-0.4, -0.2) is 24.5 Å². The summed E-state index contributed by atoms with van der Waals surface area (Å²) in [5.74, 6) is -0.257. The van der Waals surface area contributed by atoms with Crippen molar-refractivity contribution in [1.29, 1.82) is 0 Å². The number of benzene rings is 1. The van der Waals surface area contributed by atoms with Crippen LogP contribution in [0.5, 0.6) is 0 Å². The van der Waals surface area contributed by atoms with Crippen LogP contribution >= 0.6 is 11.6 Å². The van der Waals surface area contributed by atoms with Gasteiger partial charge in [0.1, 0.15) is 0 Å². The second-order valence-corrected chi connectivity index (χ2v) is 6.70. The van der Waals surface area contributed by atoms with Crippen molar-refractivity contribution in [3.05, 3.63) is 34.9 Å². The van der Waals surface area contributed by atoms with Crippen molar-refractivity contribution in [1.82, 2.24) is 5.32 Å².